The highest BCUT2D eigenvalue weighted by molar-refractivity contribution is 6.44. The van der Waals surface area contributed by atoms with Crippen LogP contribution in [-0.4, -0.2) is 51.9 Å². The summed E-state index contributed by atoms with van der Waals surface area (Å²) in [6.07, 6.45) is -5.36. The normalized spacial score (nSPS) is 15.2. The Hall–Kier alpha value is -3.77. The molecule has 0 fully saturated rings. The molecule has 0 saturated heterocycles. The average molecular weight is 612 g/mol. The molecule has 218 valence electrons. The Morgan fingerprint density at radius 2 is 1.73 bits per heavy atom. The Bertz CT molecular complexity index is 1520. The van der Waals surface area contributed by atoms with Gasteiger partial charge in [-0.15, -0.1) is 0 Å². The lowest BCUT2D eigenvalue weighted by Gasteiger charge is -2.35. The predicted octanol–water partition coefficient (Wildman–Crippen LogP) is 6.11. The lowest BCUT2D eigenvalue weighted by molar-refractivity contribution is -0.191. The van der Waals surface area contributed by atoms with Crippen molar-refractivity contribution in [3.63, 3.8) is 0 Å². The Morgan fingerprint density at radius 3 is 2.37 bits per heavy atom. The van der Waals surface area contributed by atoms with E-state index in [0.29, 0.717) is 38.9 Å². The summed E-state index contributed by atoms with van der Waals surface area (Å²) in [5.74, 6) is -2.80. The highest BCUT2D eigenvalue weighted by Crippen LogP contribution is 2.33. The van der Waals surface area contributed by atoms with E-state index in [1.807, 2.05) is 20.8 Å². The summed E-state index contributed by atoms with van der Waals surface area (Å²) in [6, 6.07) is 9.20. The number of nitrogens with one attached hydrogen (secondary N) is 2. The largest absolute Gasteiger partial charge is 0.471 e. The number of esters is 1. The van der Waals surface area contributed by atoms with E-state index in [4.69, 9.17) is 27.9 Å². The summed E-state index contributed by atoms with van der Waals surface area (Å²) in [4.78, 5) is 37.8. The van der Waals surface area contributed by atoms with E-state index in [2.05, 4.69) is 15.7 Å². The van der Waals surface area contributed by atoms with Gasteiger partial charge in [-0.3, -0.25) is 10.1 Å². The molecule has 1 aliphatic rings. The maximum absolute atomic E-state index is 13.3. The highest BCUT2D eigenvalue weighted by atomic mass is 35.5. The molecule has 14 heteroatoms. The van der Waals surface area contributed by atoms with Crippen molar-refractivity contribution in [2.24, 2.45) is 0 Å². The lowest BCUT2D eigenvalue weighted by Crippen LogP contribution is -2.53. The predicted molar refractivity (Wildman–Crippen MR) is 147 cm³/mol. The van der Waals surface area contributed by atoms with Crippen LogP contribution in [0.15, 0.2) is 42.5 Å². The van der Waals surface area contributed by atoms with E-state index >= 15 is 0 Å². The molecule has 4 rings (SSSR count). The Labute approximate surface area is 243 Å². The van der Waals surface area contributed by atoms with Gasteiger partial charge in [0.2, 0.25) is 0 Å². The van der Waals surface area contributed by atoms with E-state index in [-0.39, 0.29) is 16.5 Å². The van der Waals surface area contributed by atoms with Gasteiger partial charge in [-0.2, -0.15) is 18.3 Å². The minimum Gasteiger partial charge on any atom is -0.467 e. The number of anilines is 2. The molecule has 2 heterocycles. The number of carbonyl (C=O) groups excluding carboxylic acids is 3. The van der Waals surface area contributed by atoms with Crippen LogP contribution in [0.4, 0.5) is 29.5 Å². The number of rotatable bonds is 4. The summed E-state index contributed by atoms with van der Waals surface area (Å²) in [5.41, 5.74) is 1.95. The lowest BCUT2D eigenvalue weighted by atomic mass is 9.92. The van der Waals surface area contributed by atoms with Crippen molar-refractivity contribution in [1.82, 2.24) is 14.7 Å². The van der Waals surface area contributed by atoms with E-state index in [1.54, 1.807) is 42.5 Å². The summed E-state index contributed by atoms with van der Waals surface area (Å²) in [6.45, 7) is 5.38. The maximum atomic E-state index is 13.3. The zero-order valence-corrected chi connectivity index (χ0v) is 23.9. The molecule has 0 bridgehead atoms. The summed E-state index contributed by atoms with van der Waals surface area (Å²) < 4.78 is 45.9. The molecular formula is C27H26Cl2F3N5O4. The van der Waals surface area contributed by atoms with Gasteiger partial charge in [-0.1, -0.05) is 56.1 Å². The molecule has 0 saturated carbocycles. The first-order valence-electron chi connectivity index (χ1n) is 12.3. The molecule has 3 aromatic rings. The monoisotopic (exact) mass is 611 g/mol. The van der Waals surface area contributed by atoms with Crippen LogP contribution in [0.5, 0.6) is 0 Å². The number of hydrogen-bond acceptors (Lipinski definition) is 5. The van der Waals surface area contributed by atoms with Gasteiger partial charge in [-0.25, -0.2) is 14.3 Å². The third-order valence-electron chi connectivity index (χ3n) is 6.46. The van der Waals surface area contributed by atoms with Crippen molar-refractivity contribution >= 4 is 52.6 Å². The molecule has 0 unspecified atom stereocenters. The molecule has 2 aromatic carbocycles. The number of urea groups is 1. The topological polar surface area (TPSA) is 106 Å². The van der Waals surface area contributed by atoms with Crippen LogP contribution in [0.3, 0.4) is 0 Å². The number of carbonyl (C=O) groups is 3. The number of hydrogen-bond donors (Lipinski definition) is 2. The molecule has 0 aliphatic carbocycles. The summed E-state index contributed by atoms with van der Waals surface area (Å²) >= 11 is 12.2. The number of ether oxygens (including phenoxy) is 1. The second-order valence-corrected chi connectivity index (χ2v) is 11.2. The number of halogens is 5. The van der Waals surface area contributed by atoms with Crippen molar-refractivity contribution in [1.29, 1.82) is 0 Å². The number of aromatic nitrogens is 2. The summed E-state index contributed by atoms with van der Waals surface area (Å²) in [7, 11) is 1.04. The number of fused-ring (bicyclic) bond motifs is 1. The van der Waals surface area contributed by atoms with Gasteiger partial charge < -0.3 is 15.0 Å². The smallest absolute Gasteiger partial charge is 0.467 e. The third-order valence-corrected chi connectivity index (χ3v) is 7.28. The van der Waals surface area contributed by atoms with E-state index < -0.39 is 42.1 Å². The van der Waals surface area contributed by atoms with E-state index in [9.17, 15) is 27.6 Å². The quantitative estimate of drug-likeness (QED) is 0.346. The minimum absolute atomic E-state index is 0.168. The standard InChI is InChI=1S/C27H26Cl2F3N5O4/c1-26(2,3)20-12-21(34-25(40)33-18-7-5-6-17(28)22(18)29)37(35-20)16-9-8-14-13-36(24(39)27(30,31)32)19(23(38)41-4)11-15(14)10-16/h5-10,12,19H,11,13H2,1-4H3,(H2,33,34,40)/t19-/m0/s1. The average Bonchev–Trinajstić information content (AvgIpc) is 3.33. The van der Waals surface area contributed by atoms with Gasteiger partial charge in [0.25, 0.3) is 0 Å². The molecule has 0 spiro atoms. The fourth-order valence-electron chi connectivity index (χ4n) is 4.33. The van der Waals surface area contributed by atoms with Crippen LogP contribution < -0.4 is 10.6 Å². The van der Waals surface area contributed by atoms with Crippen molar-refractivity contribution < 1.29 is 32.3 Å². The van der Waals surface area contributed by atoms with Crippen LogP contribution in [-0.2, 0) is 32.7 Å². The molecule has 1 aromatic heterocycles. The highest BCUT2D eigenvalue weighted by Gasteiger charge is 2.48. The molecule has 41 heavy (non-hydrogen) atoms. The zero-order chi connectivity index (χ0) is 30.3. The van der Waals surface area contributed by atoms with Crippen molar-refractivity contribution in [2.75, 3.05) is 17.7 Å². The molecule has 3 amide bonds. The van der Waals surface area contributed by atoms with Gasteiger partial charge in [0.15, 0.2) is 0 Å². The fraction of sp³-hybridized carbons (Fsp3) is 0.333. The molecule has 1 aliphatic heterocycles. The first-order valence-corrected chi connectivity index (χ1v) is 13.1. The van der Waals surface area contributed by atoms with Gasteiger partial charge in [0.1, 0.15) is 11.9 Å². The van der Waals surface area contributed by atoms with Crippen molar-refractivity contribution in [3.8, 4) is 5.69 Å². The van der Waals surface area contributed by atoms with Crippen LogP contribution in [0.25, 0.3) is 5.69 Å². The second-order valence-electron chi connectivity index (χ2n) is 10.4. The van der Waals surface area contributed by atoms with E-state index in [0.717, 1.165) is 7.11 Å². The molecule has 1 atom stereocenters. The van der Waals surface area contributed by atoms with Gasteiger partial charge in [0, 0.05) is 24.4 Å². The second kappa shape index (κ2) is 11.2. The van der Waals surface area contributed by atoms with Crippen molar-refractivity contribution in [2.45, 2.75) is 51.4 Å². The van der Waals surface area contributed by atoms with Gasteiger partial charge >= 0.3 is 24.1 Å². The number of amides is 3. The molecule has 0 radical (unpaired) electrons. The van der Waals surface area contributed by atoms with Crippen LogP contribution in [0.2, 0.25) is 10.0 Å². The maximum Gasteiger partial charge on any atom is 0.471 e. The SMILES string of the molecule is COC(=O)[C@@H]1Cc2cc(-n3nc(C(C)(C)C)cc3NC(=O)Nc3cccc(Cl)c3Cl)ccc2CN1C(=O)C(F)(F)F. The van der Waals surface area contributed by atoms with Crippen molar-refractivity contribution in [3.05, 3.63) is 69.3 Å². The molecule has 9 nitrogen and oxygen atoms in total. The van der Waals surface area contributed by atoms with Crippen LogP contribution in [0.1, 0.15) is 37.6 Å². The summed E-state index contributed by atoms with van der Waals surface area (Å²) in [5, 5.41) is 10.5. The van der Waals surface area contributed by atoms with E-state index in [1.165, 1.54) is 4.68 Å². The first kappa shape index (κ1) is 30.2. The molecular weight excluding hydrogens is 586 g/mol. The van der Waals surface area contributed by atoms with Gasteiger partial charge in [-0.05, 0) is 35.4 Å². The van der Waals surface area contributed by atoms with Gasteiger partial charge in [0.05, 0.1) is 34.2 Å². The Morgan fingerprint density at radius 1 is 1.02 bits per heavy atom. The Balaban J connectivity index is 1.70. The fourth-order valence-corrected chi connectivity index (χ4v) is 4.67. The van der Waals surface area contributed by atoms with Crippen LogP contribution >= 0.6 is 23.2 Å². The minimum atomic E-state index is -5.15. The van der Waals surface area contributed by atoms with Crippen LogP contribution in [0, 0.1) is 0 Å². The number of benzene rings is 2. The number of methoxy groups -OCH3 is 1. The first-order chi connectivity index (χ1) is 19.1. The third kappa shape index (κ3) is 6.43. The number of nitrogens with zero attached hydrogens (tertiary/aromatic N) is 3. The number of alkyl halides is 3. The molecule has 2 N–H and O–H groups in total. The zero-order valence-electron chi connectivity index (χ0n) is 22.4. The Kier molecular flexibility index (Phi) is 8.28.